The zero-order valence-corrected chi connectivity index (χ0v) is 10.3. The Balaban J connectivity index is 2.07. The van der Waals surface area contributed by atoms with Gasteiger partial charge in [0.15, 0.2) is 0 Å². The fourth-order valence-corrected chi connectivity index (χ4v) is 3.20. The Morgan fingerprint density at radius 2 is 2.43 bits per heavy atom. The van der Waals surface area contributed by atoms with Crippen molar-refractivity contribution in [2.24, 2.45) is 5.41 Å². The molecule has 1 saturated carbocycles. The van der Waals surface area contributed by atoms with Crippen LogP contribution in [0.5, 0.6) is 0 Å². The van der Waals surface area contributed by atoms with Crippen LogP contribution in [-0.2, 0) is 16.0 Å². The van der Waals surface area contributed by atoms with Gasteiger partial charge in [-0.15, -0.1) is 11.3 Å². The number of halogens is 1. The molecular formula is C10H11BrO2S. The molecule has 0 amide bonds. The van der Waals surface area contributed by atoms with E-state index >= 15 is 0 Å². The lowest BCUT2D eigenvalue weighted by atomic mass is 10.0. The average molecular weight is 275 g/mol. The number of methoxy groups -OCH3 is 1. The third kappa shape index (κ3) is 1.86. The number of ether oxygens (including phenoxy) is 1. The van der Waals surface area contributed by atoms with Crippen molar-refractivity contribution in [2.45, 2.75) is 19.3 Å². The summed E-state index contributed by atoms with van der Waals surface area (Å²) in [4.78, 5) is 12.7. The second kappa shape index (κ2) is 3.66. The molecule has 1 aliphatic carbocycles. The van der Waals surface area contributed by atoms with Crippen molar-refractivity contribution in [3.8, 4) is 0 Å². The van der Waals surface area contributed by atoms with Crippen LogP contribution >= 0.6 is 27.3 Å². The molecule has 0 spiro atoms. The SMILES string of the molecule is COC(=O)C1(Cc2cc(Br)cs2)CC1. The fourth-order valence-electron chi connectivity index (χ4n) is 1.60. The van der Waals surface area contributed by atoms with E-state index < -0.39 is 0 Å². The number of thiophene rings is 1. The van der Waals surface area contributed by atoms with Gasteiger partial charge >= 0.3 is 5.97 Å². The van der Waals surface area contributed by atoms with Gasteiger partial charge in [-0.25, -0.2) is 0 Å². The van der Waals surface area contributed by atoms with Gasteiger partial charge in [-0.1, -0.05) is 0 Å². The molecule has 0 radical (unpaired) electrons. The normalized spacial score (nSPS) is 17.9. The van der Waals surface area contributed by atoms with E-state index in [1.165, 1.54) is 12.0 Å². The van der Waals surface area contributed by atoms with E-state index in [2.05, 4.69) is 22.0 Å². The molecule has 0 saturated heterocycles. The largest absolute Gasteiger partial charge is 0.469 e. The Hall–Kier alpha value is -0.350. The molecule has 1 aromatic heterocycles. The maximum absolute atomic E-state index is 11.5. The highest BCUT2D eigenvalue weighted by Gasteiger charge is 2.51. The summed E-state index contributed by atoms with van der Waals surface area (Å²) in [6.45, 7) is 0. The molecule has 4 heteroatoms. The first-order valence-corrected chi connectivity index (χ1v) is 6.15. The third-order valence-corrected chi connectivity index (χ3v) is 4.30. The molecular weight excluding hydrogens is 264 g/mol. The van der Waals surface area contributed by atoms with Gasteiger partial charge in [0.1, 0.15) is 0 Å². The number of carbonyl (C=O) groups is 1. The van der Waals surface area contributed by atoms with Crippen LogP contribution < -0.4 is 0 Å². The predicted octanol–water partition coefficient (Wildman–Crippen LogP) is 3.01. The average Bonchev–Trinajstić information content (AvgIpc) is 2.84. The molecule has 0 N–H and O–H groups in total. The molecule has 2 rings (SSSR count). The topological polar surface area (TPSA) is 26.3 Å². The summed E-state index contributed by atoms with van der Waals surface area (Å²) < 4.78 is 5.91. The van der Waals surface area contributed by atoms with Gasteiger partial charge in [-0.3, -0.25) is 4.79 Å². The van der Waals surface area contributed by atoms with Crippen molar-refractivity contribution in [2.75, 3.05) is 7.11 Å². The minimum absolute atomic E-state index is 0.0537. The minimum atomic E-state index is -0.195. The van der Waals surface area contributed by atoms with E-state index in [9.17, 15) is 4.79 Å². The first-order chi connectivity index (χ1) is 6.66. The van der Waals surface area contributed by atoms with E-state index in [-0.39, 0.29) is 11.4 Å². The van der Waals surface area contributed by atoms with Gasteiger partial charge in [0.25, 0.3) is 0 Å². The summed E-state index contributed by atoms with van der Waals surface area (Å²) in [6.07, 6.45) is 2.76. The molecule has 1 aromatic rings. The van der Waals surface area contributed by atoms with E-state index in [4.69, 9.17) is 4.74 Å². The standard InChI is InChI=1S/C10H11BrO2S/c1-13-9(12)10(2-3-10)5-8-4-7(11)6-14-8/h4,6H,2-3,5H2,1H3. The van der Waals surface area contributed by atoms with Crippen molar-refractivity contribution in [1.82, 2.24) is 0 Å². The summed E-state index contributed by atoms with van der Waals surface area (Å²) in [7, 11) is 1.47. The second-order valence-electron chi connectivity index (χ2n) is 3.68. The zero-order valence-electron chi connectivity index (χ0n) is 7.88. The fraction of sp³-hybridized carbons (Fsp3) is 0.500. The molecule has 14 heavy (non-hydrogen) atoms. The van der Waals surface area contributed by atoms with Crippen LogP contribution in [0.25, 0.3) is 0 Å². The molecule has 2 nitrogen and oxygen atoms in total. The zero-order chi connectivity index (χ0) is 10.2. The molecule has 0 aromatic carbocycles. The Bertz CT molecular complexity index is 355. The van der Waals surface area contributed by atoms with Gasteiger partial charge < -0.3 is 4.74 Å². The predicted molar refractivity (Wildman–Crippen MR) is 59.4 cm³/mol. The smallest absolute Gasteiger partial charge is 0.312 e. The van der Waals surface area contributed by atoms with Crippen molar-refractivity contribution < 1.29 is 9.53 Å². The number of esters is 1. The first-order valence-electron chi connectivity index (χ1n) is 4.48. The molecule has 76 valence electrons. The van der Waals surface area contributed by atoms with E-state index in [0.29, 0.717) is 0 Å². The van der Waals surface area contributed by atoms with E-state index in [1.54, 1.807) is 11.3 Å². The minimum Gasteiger partial charge on any atom is -0.469 e. The van der Waals surface area contributed by atoms with Crippen LogP contribution in [0.3, 0.4) is 0 Å². The number of rotatable bonds is 3. The van der Waals surface area contributed by atoms with Gasteiger partial charge in [0.2, 0.25) is 0 Å². The lowest BCUT2D eigenvalue weighted by molar-refractivity contribution is -0.147. The molecule has 0 bridgehead atoms. The Labute approximate surface area is 95.4 Å². The molecule has 1 aliphatic rings. The first kappa shape index (κ1) is 10.2. The summed E-state index contributed by atoms with van der Waals surface area (Å²) in [6, 6.07) is 2.08. The Morgan fingerprint density at radius 1 is 1.71 bits per heavy atom. The third-order valence-electron chi connectivity index (χ3n) is 2.61. The number of carbonyl (C=O) groups excluding carboxylic acids is 1. The van der Waals surface area contributed by atoms with Crippen LogP contribution in [0.4, 0.5) is 0 Å². The highest BCUT2D eigenvalue weighted by atomic mass is 79.9. The lowest BCUT2D eigenvalue weighted by Crippen LogP contribution is -2.19. The van der Waals surface area contributed by atoms with Crippen molar-refractivity contribution in [1.29, 1.82) is 0 Å². The van der Waals surface area contributed by atoms with Gasteiger partial charge in [0, 0.05) is 14.7 Å². The van der Waals surface area contributed by atoms with Crippen molar-refractivity contribution in [3.63, 3.8) is 0 Å². The van der Waals surface area contributed by atoms with Crippen LogP contribution in [0.1, 0.15) is 17.7 Å². The molecule has 0 unspecified atom stereocenters. The maximum atomic E-state index is 11.5. The number of hydrogen-bond acceptors (Lipinski definition) is 3. The highest BCUT2D eigenvalue weighted by molar-refractivity contribution is 9.10. The summed E-state index contributed by atoms with van der Waals surface area (Å²) in [5.74, 6) is -0.0537. The molecule has 1 heterocycles. The Kier molecular flexibility index (Phi) is 2.66. The maximum Gasteiger partial charge on any atom is 0.312 e. The Morgan fingerprint density at radius 3 is 2.86 bits per heavy atom. The summed E-state index contributed by atoms with van der Waals surface area (Å²) in [5.41, 5.74) is -0.195. The van der Waals surface area contributed by atoms with Gasteiger partial charge in [0.05, 0.1) is 12.5 Å². The van der Waals surface area contributed by atoms with Crippen molar-refractivity contribution in [3.05, 3.63) is 20.8 Å². The van der Waals surface area contributed by atoms with Gasteiger partial charge in [-0.05, 0) is 41.3 Å². The van der Waals surface area contributed by atoms with Crippen molar-refractivity contribution >= 4 is 33.2 Å². The number of hydrogen-bond donors (Lipinski definition) is 0. The highest BCUT2D eigenvalue weighted by Crippen LogP contribution is 2.50. The quantitative estimate of drug-likeness (QED) is 0.793. The van der Waals surface area contributed by atoms with Crippen LogP contribution in [0, 0.1) is 5.41 Å². The van der Waals surface area contributed by atoms with Crippen LogP contribution in [-0.4, -0.2) is 13.1 Å². The van der Waals surface area contributed by atoms with Gasteiger partial charge in [-0.2, -0.15) is 0 Å². The van der Waals surface area contributed by atoms with Crippen LogP contribution in [0.2, 0.25) is 0 Å². The van der Waals surface area contributed by atoms with E-state index in [0.717, 1.165) is 23.7 Å². The summed E-state index contributed by atoms with van der Waals surface area (Å²) in [5, 5.41) is 2.04. The molecule has 0 aliphatic heterocycles. The second-order valence-corrected chi connectivity index (χ2v) is 5.59. The monoisotopic (exact) mass is 274 g/mol. The van der Waals surface area contributed by atoms with Crippen LogP contribution in [0.15, 0.2) is 15.9 Å². The molecule has 0 atom stereocenters. The molecule has 1 fully saturated rings. The van der Waals surface area contributed by atoms with E-state index in [1.807, 2.05) is 5.38 Å². The summed E-state index contributed by atoms with van der Waals surface area (Å²) >= 11 is 5.10. The lowest BCUT2D eigenvalue weighted by Gasteiger charge is -2.10.